The smallest absolute Gasteiger partial charge is 0.257 e. The van der Waals surface area contributed by atoms with Gasteiger partial charge in [0.2, 0.25) is 0 Å². The van der Waals surface area contributed by atoms with Gasteiger partial charge in [-0.15, -0.1) is 0 Å². The third-order valence-corrected chi connectivity index (χ3v) is 4.52. The van der Waals surface area contributed by atoms with Gasteiger partial charge in [-0.2, -0.15) is 0 Å². The third-order valence-electron chi connectivity index (χ3n) is 4.52. The van der Waals surface area contributed by atoms with Crippen LogP contribution in [-0.4, -0.2) is 69.4 Å². The second-order valence-electron chi connectivity index (χ2n) is 6.33. The van der Waals surface area contributed by atoms with E-state index in [-0.39, 0.29) is 5.91 Å². The second kappa shape index (κ2) is 9.91. The number of amides is 1. The summed E-state index contributed by atoms with van der Waals surface area (Å²) < 4.78 is 15.8. The molecule has 2 heterocycles. The van der Waals surface area contributed by atoms with Gasteiger partial charge in [0.15, 0.2) is 0 Å². The number of carbonyl (C=O) groups is 1. The Balaban J connectivity index is 1.53. The summed E-state index contributed by atoms with van der Waals surface area (Å²) >= 11 is 0. The van der Waals surface area contributed by atoms with Crippen LogP contribution in [-0.2, 0) is 4.74 Å². The number of hydrogen-bond acceptors (Lipinski definition) is 7. The number of hydrogen-bond donors (Lipinski definition) is 2. The quantitative estimate of drug-likeness (QED) is 0.719. The van der Waals surface area contributed by atoms with Gasteiger partial charge in [-0.1, -0.05) is 0 Å². The first-order chi connectivity index (χ1) is 13.7. The number of carbonyl (C=O) groups excluding carboxylic acids is 1. The van der Waals surface area contributed by atoms with Gasteiger partial charge in [-0.05, 0) is 24.3 Å². The molecule has 2 aromatic rings. The standard InChI is InChI=1S/C20H26N4O4/c1-26-16-4-5-17(18(13-16)27-2)23-20(25)15-3-6-19(22-14-15)21-7-8-24-9-11-28-12-10-24/h3-6,13-14H,7-12H2,1-2H3,(H,21,22)(H,23,25). The Morgan fingerprint density at radius 2 is 2.00 bits per heavy atom. The highest BCUT2D eigenvalue weighted by molar-refractivity contribution is 6.05. The Labute approximate surface area is 164 Å². The highest BCUT2D eigenvalue weighted by atomic mass is 16.5. The van der Waals surface area contributed by atoms with Crippen molar-refractivity contribution < 1.29 is 19.0 Å². The van der Waals surface area contributed by atoms with Gasteiger partial charge in [-0.25, -0.2) is 4.98 Å². The predicted octanol–water partition coefficient (Wildman–Crippen LogP) is 2.10. The minimum atomic E-state index is -0.254. The molecule has 0 saturated carbocycles. The first-order valence-corrected chi connectivity index (χ1v) is 9.23. The Hall–Kier alpha value is -2.84. The molecule has 1 saturated heterocycles. The summed E-state index contributed by atoms with van der Waals surface area (Å²) in [6.07, 6.45) is 1.56. The molecule has 0 bridgehead atoms. The topological polar surface area (TPSA) is 85.0 Å². The third kappa shape index (κ3) is 5.34. The molecule has 0 radical (unpaired) electrons. The molecule has 1 aromatic heterocycles. The minimum absolute atomic E-state index is 0.254. The predicted molar refractivity (Wildman–Crippen MR) is 107 cm³/mol. The van der Waals surface area contributed by atoms with E-state index in [1.807, 2.05) is 0 Å². The van der Waals surface area contributed by atoms with Gasteiger partial charge in [0.05, 0.1) is 38.7 Å². The fourth-order valence-corrected chi connectivity index (χ4v) is 2.90. The molecule has 8 heteroatoms. The second-order valence-corrected chi connectivity index (χ2v) is 6.33. The number of rotatable bonds is 8. The highest BCUT2D eigenvalue weighted by Gasteiger charge is 2.12. The number of anilines is 2. The summed E-state index contributed by atoms with van der Waals surface area (Å²) in [5.74, 6) is 1.67. The molecule has 0 unspecified atom stereocenters. The van der Waals surface area contributed by atoms with Gasteiger partial charge >= 0.3 is 0 Å². The van der Waals surface area contributed by atoms with E-state index < -0.39 is 0 Å². The number of aromatic nitrogens is 1. The summed E-state index contributed by atoms with van der Waals surface area (Å²) in [7, 11) is 3.12. The number of methoxy groups -OCH3 is 2. The van der Waals surface area contributed by atoms with Crippen LogP contribution in [0.5, 0.6) is 11.5 Å². The SMILES string of the molecule is COc1ccc(NC(=O)c2ccc(NCCN3CCOCC3)nc2)c(OC)c1. The molecule has 2 N–H and O–H groups in total. The molecule has 0 aliphatic carbocycles. The first-order valence-electron chi connectivity index (χ1n) is 9.23. The zero-order chi connectivity index (χ0) is 19.8. The van der Waals surface area contributed by atoms with Crippen molar-refractivity contribution in [3.63, 3.8) is 0 Å². The summed E-state index contributed by atoms with van der Waals surface area (Å²) in [6.45, 7) is 5.24. The van der Waals surface area contributed by atoms with Crippen molar-refractivity contribution in [2.75, 3.05) is 64.2 Å². The van der Waals surface area contributed by atoms with Crippen LogP contribution < -0.4 is 20.1 Å². The van der Waals surface area contributed by atoms with Gasteiger partial charge in [0, 0.05) is 38.4 Å². The lowest BCUT2D eigenvalue weighted by Gasteiger charge is -2.26. The number of ether oxygens (including phenoxy) is 3. The number of morpholine rings is 1. The lowest BCUT2D eigenvalue weighted by Crippen LogP contribution is -2.39. The molecule has 1 fully saturated rings. The van der Waals surface area contributed by atoms with Crippen LogP contribution >= 0.6 is 0 Å². The molecular weight excluding hydrogens is 360 g/mol. The summed E-state index contributed by atoms with van der Waals surface area (Å²) in [4.78, 5) is 19.2. The fraction of sp³-hybridized carbons (Fsp3) is 0.400. The van der Waals surface area contributed by atoms with E-state index in [1.54, 1.807) is 50.7 Å². The van der Waals surface area contributed by atoms with Crippen LogP contribution in [0.25, 0.3) is 0 Å². The number of pyridine rings is 1. The molecule has 1 amide bonds. The summed E-state index contributed by atoms with van der Waals surface area (Å²) in [6, 6.07) is 8.77. The number of benzene rings is 1. The van der Waals surface area contributed by atoms with Crippen LogP contribution in [0, 0.1) is 0 Å². The minimum Gasteiger partial charge on any atom is -0.497 e. The van der Waals surface area contributed by atoms with Crippen LogP contribution in [0.4, 0.5) is 11.5 Å². The maximum atomic E-state index is 12.5. The van der Waals surface area contributed by atoms with E-state index in [2.05, 4.69) is 20.5 Å². The van der Waals surface area contributed by atoms with Crippen molar-refractivity contribution in [3.8, 4) is 11.5 Å². The molecule has 1 aliphatic rings. The monoisotopic (exact) mass is 386 g/mol. The van der Waals surface area contributed by atoms with E-state index in [9.17, 15) is 4.79 Å². The first kappa shape index (κ1) is 19.9. The Morgan fingerprint density at radius 3 is 2.68 bits per heavy atom. The van der Waals surface area contributed by atoms with Gasteiger partial charge in [0.25, 0.3) is 5.91 Å². The maximum absolute atomic E-state index is 12.5. The average molecular weight is 386 g/mol. The van der Waals surface area contributed by atoms with Crippen molar-refractivity contribution in [3.05, 3.63) is 42.1 Å². The molecule has 3 rings (SSSR count). The Kier molecular flexibility index (Phi) is 7.05. The van der Waals surface area contributed by atoms with E-state index >= 15 is 0 Å². The lowest BCUT2D eigenvalue weighted by atomic mass is 10.2. The van der Waals surface area contributed by atoms with Crippen LogP contribution in [0.3, 0.4) is 0 Å². The van der Waals surface area contributed by atoms with Gasteiger partial charge in [-0.3, -0.25) is 9.69 Å². The summed E-state index contributed by atoms with van der Waals surface area (Å²) in [5, 5.41) is 6.12. The van der Waals surface area contributed by atoms with E-state index in [1.165, 1.54) is 0 Å². The molecular formula is C20H26N4O4. The number of nitrogens with zero attached hydrogens (tertiary/aromatic N) is 2. The maximum Gasteiger partial charge on any atom is 0.257 e. The van der Waals surface area contributed by atoms with Crippen LogP contribution in [0.2, 0.25) is 0 Å². The van der Waals surface area contributed by atoms with Crippen molar-refractivity contribution in [1.82, 2.24) is 9.88 Å². The van der Waals surface area contributed by atoms with Gasteiger partial charge < -0.3 is 24.8 Å². The fourth-order valence-electron chi connectivity index (χ4n) is 2.90. The van der Waals surface area contributed by atoms with E-state index in [0.717, 1.165) is 45.2 Å². The largest absolute Gasteiger partial charge is 0.497 e. The van der Waals surface area contributed by atoms with Crippen LogP contribution in [0.1, 0.15) is 10.4 Å². The molecule has 1 aromatic carbocycles. The zero-order valence-corrected chi connectivity index (χ0v) is 16.2. The van der Waals surface area contributed by atoms with Crippen molar-refractivity contribution >= 4 is 17.4 Å². The van der Waals surface area contributed by atoms with Crippen molar-refractivity contribution in [2.24, 2.45) is 0 Å². The number of nitrogens with one attached hydrogen (secondary N) is 2. The van der Waals surface area contributed by atoms with Crippen LogP contribution in [0.15, 0.2) is 36.5 Å². The molecule has 8 nitrogen and oxygen atoms in total. The molecule has 1 aliphatic heterocycles. The normalized spacial score (nSPS) is 14.4. The molecule has 0 atom stereocenters. The zero-order valence-electron chi connectivity index (χ0n) is 16.2. The van der Waals surface area contributed by atoms with Crippen molar-refractivity contribution in [2.45, 2.75) is 0 Å². The Morgan fingerprint density at radius 1 is 1.18 bits per heavy atom. The van der Waals surface area contributed by atoms with Crippen molar-refractivity contribution in [1.29, 1.82) is 0 Å². The van der Waals surface area contributed by atoms with Gasteiger partial charge in [0.1, 0.15) is 17.3 Å². The Bertz CT molecular complexity index is 776. The molecule has 28 heavy (non-hydrogen) atoms. The summed E-state index contributed by atoms with van der Waals surface area (Å²) in [5.41, 5.74) is 1.04. The molecule has 0 spiro atoms. The lowest BCUT2D eigenvalue weighted by molar-refractivity contribution is 0.0398. The average Bonchev–Trinajstić information content (AvgIpc) is 2.75. The molecule has 150 valence electrons. The van der Waals surface area contributed by atoms with E-state index in [0.29, 0.717) is 22.7 Å². The van der Waals surface area contributed by atoms with E-state index in [4.69, 9.17) is 14.2 Å². The highest BCUT2D eigenvalue weighted by Crippen LogP contribution is 2.29.